The van der Waals surface area contributed by atoms with Gasteiger partial charge in [-0.15, -0.1) is 0 Å². The lowest BCUT2D eigenvalue weighted by molar-refractivity contribution is 0.168. The van der Waals surface area contributed by atoms with Crippen molar-refractivity contribution in [1.29, 1.82) is 0 Å². The fourth-order valence-corrected chi connectivity index (χ4v) is 1.18. The van der Waals surface area contributed by atoms with Gasteiger partial charge in [-0.05, 0) is 6.42 Å². The van der Waals surface area contributed by atoms with Gasteiger partial charge in [0.1, 0.15) is 0 Å². The van der Waals surface area contributed by atoms with Crippen LogP contribution in [0.5, 0.6) is 0 Å². The molecule has 1 aliphatic heterocycles. The first kappa shape index (κ1) is 8.13. The van der Waals surface area contributed by atoms with E-state index in [0.29, 0.717) is 19.1 Å². The molecule has 60 valence electrons. The maximum absolute atomic E-state index is 10.0. The summed E-state index contributed by atoms with van der Waals surface area (Å²) in [5.74, 6) is 0.302. The average Bonchev–Trinajstić information content (AvgIpc) is 2.34. The van der Waals surface area contributed by atoms with E-state index < -0.39 is 11.4 Å². The van der Waals surface area contributed by atoms with Crippen LogP contribution in [0.2, 0.25) is 0 Å². The van der Waals surface area contributed by atoms with Gasteiger partial charge in [0.25, 0.3) is 0 Å². The Labute approximate surface area is 62.0 Å². The molecule has 0 aromatic rings. The van der Waals surface area contributed by atoms with Gasteiger partial charge in [0.15, 0.2) is 0 Å². The molecule has 1 heterocycles. The number of hydrogen-bond donors (Lipinski definition) is 1. The van der Waals surface area contributed by atoms with Gasteiger partial charge in [-0.25, -0.2) is 0 Å². The van der Waals surface area contributed by atoms with E-state index in [-0.39, 0.29) is 0 Å². The van der Waals surface area contributed by atoms with Crippen molar-refractivity contribution < 1.29 is 17.7 Å². The molecule has 0 aromatic heterocycles. The lowest BCUT2D eigenvalue weighted by Crippen LogP contribution is -2.10. The minimum absolute atomic E-state index is 0.302. The first-order chi connectivity index (χ1) is 4.79. The second kappa shape index (κ2) is 4.02. The van der Waals surface area contributed by atoms with Crippen molar-refractivity contribution in [3.8, 4) is 0 Å². The van der Waals surface area contributed by atoms with E-state index in [4.69, 9.17) is 9.29 Å². The van der Waals surface area contributed by atoms with E-state index in [1.54, 1.807) is 0 Å². The molecule has 1 saturated heterocycles. The quantitative estimate of drug-likeness (QED) is 0.607. The highest BCUT2D eigenvalue weighted by molar-refractivity contribution is 7.74. The molecule has 0 radical (unpaired) electrons. The van der Waals surface area contributed by atoms with E-state index in [2.05, 4.69) is 4.18 Å². The molecule has 4 nitrogen and oxygen atoms in total. The van der Waals surface area contributed by atoms with Gasteiger partial charge >= 0.3 is 11.4 Å². The molecule has 0 aliphatic carbocycles. The van der Waals surface area contributed by atoms with Crippen molar-refractivity contribution in [2.24, 2.45) is 5.92 Å². The Kier molecular flexibility index (Phi) is 3.27. The predicted molar refractivity (Wildman–Crippen MR) is 35.6 cm³/mol. The van der Waals surface area contributed by atoms with Crippen LogP contribution in [0, 0.1) is 5.92 Å². The van der Waals surface area contributed by atoms with Crippen molar-refractivity contribution in [2.75, 3.05) is 19.8 Å². The normalized spacial score (nSPS) is 28.7. The molecule has 1 fully saturated rings. The summed E-state index contributed by atoms with van der Waals surface area (Å²) >= 11 is -2.12. The monoisotopic (exact) mass is 166 g/mol. The maximum atomic E-state index is 10.0. The van der Waals surface area contributed by atoms with Crippen LogP contribution in [0.4, 0.5) is 0 Å². The Hall–Kier alpha value is 0.0300. The second-order valence-corrected chi connectivity index (χ2v) is 2.90. The van der Waals surface area contributed by atoms with Gasteiger partial charge < -0.3 is 4.74 Å². The van der Waals surface area contributed by atoms with Crippen LogP contribution in [0.1, 0.15) is 6.42 Å². The molecular weight excluding hydrogens is 156 g/mol. The molecule has 2 atom stereocenters. The van der Waals surface area contributed by atoms with Crippen molar-refractivity contribution in [3.05, 3.63) is 0 Å². The third kappa shape index (κ3) is 2.74. The van der Waals surface area contributed by atoms with Crippen LogP contribution >= 0.6 is 0 Å². The molecule has 1 rings (SSSR count). The highest BCUT2D eigenvalue weighted by Crippen LogP contribution is 2.12. The Bertz CT molecular complexity index is 121. The zero-order valence-electron chi connectivity index (χ0n) is 5.49. The maximum Gasteiger partial charge on any atom is 0.301 e. The summed E-state index contributed by atoms with van der Waals surface area (Å²) in [7, 11) is 0. The summed E-state index contributed by atoms with van der Waals surface area (Å²) < 4.78 is 27.7. The van der Waals surface area contributed by atoms with Gasteiger partial charge in [0, 0.05) is 12.5 Å². The van der Waals surface area contributed by atoms with Crippen LogP contribution in [-0.4, -0.2) is 28.6 Å². The van der Waals surface area contributed by atoms with E-state index >= 15 is 0 Å². The molecule has 1 aliphatic rings. The first-order valence-corrected chi connectivity index (χ1v) is 4.14. The predicted octanol–water partition coefficient (Wildman–Crippen LogP) is 0.176. The largest absolute Gasteiger partial charge is 0.381 e. The highest BCUT2D eigenvalue weighted by Gasteiger charge is 2.16. The third-order valence-corrected chi connectivity index (χ3v) is 1.77. The molecule has 10 heavy (non-hydrogen) atoms. The molecule has 0 aromatic carbocycles. The molecule has 1 N–H and O–H groups in total. The smallest absolute Gasteiger partial charge is 0.301 e. The van der Waals surface area contributed by atoms with E-state index in [0.717, 1.165) is 13.0 Å². The third-order valence-electron chi connectivity index (χ3n) is 1.43. The number of rotatable bonds is 3. The van der Waals surface area contributed by atoms with Crippen molar-refractivity contribution in [2.45, 2.75) is 6.42 Å². The summed E-state index contributed by atoms with van der Waals surface area (Å²) in [6.07, 6.45) is 0.928. The van der Waals surface area contributed by atoms with E-state index in [1.807, 2.05) is 0 Å². The van der Waals surface area contributed by atoms with Crippen LogP contribution < -0.4 is 0 Å². The second-order valence-electron chi connectivity index (χ2n) is 2.23. The van der Waals surface area contributed by atoms with Gasteiger partial charge in [-0.1, -0.05) is 0 Å². The first-order valence-electron chi connectivity index (χ1n) is 3.11. The van der Waals surface area contributed by atoms with Crippen molar-refractivity contribution >= 4 is 11.4 Å². The minimum Gasteiger partial charge on any atom is -0.381 e. The summed E-state index contributed by atoms with van der Waals surface area (Å²) in [4.78, 5) is 0. The zero-order chi connectivity index (χ0) is 7.40. The topological polar surface area (TPSA) is 55.8 Å². The lowest BCUT2D eigenvalue weighted by Gasteiger charge is -2.03. The van der Waals surface area contributed by atoms with Crippen molar-refractivity contribution in [1.82, 2.24) is 0 Å². The fraction of sp³-hybridized carbons (Fsp3) is 1.00. The van der Waals surface area contributed by atoms with Gasteiger partial charge in [0.2, 0.25) is 0 Å². The molecule has 0 saturated carbocycles. The van der Waals surface area contributed by atoms with E-state index in [1.165, 1.54) is 0 Å². The SMILES string of the molecule is O=S(O)OCC1CCOC1. The van der Waals surface area contributed by atoms with Gasteiger partial charge in [-0.3, -0.25) is 8.74 Å². The van der Waals surface area contributed by atoms with Crippen LogP contribution in [0.25, 0.3) is 0 Å². The molecular formula is C5H10O4S. The Morgan fingerprint density at radius 3 is 3.10 bits per heavy atom. The van der Waals surface area contributed by atoms with E-state index in [9.17, 15) is 4.21 Å². The van der Waals surface area contributed by atoms with Gasteiger partial charge in [0.05, 0.1) is 13.2 Å². The number of ether oxygens (including phenoxy) is 1. The molecule has 2 unspecified atom stereocenters. The average molecular weight is 166 g/mol. The zero-order valence-corrected chi connectivity index (χ0v) is 6.30. The Morgan fingerprint density at radius 1 is 1.80 bits per heavy atom. The summed E-state index contributed by atoms with van der Waals surface area (Å²) in [5, 5.41) is 0. The lowest BCUT2D eigenvalue weighted by atomic mass is 10.1. The fourth-order valence-electron chi connectivity index (χ4n) is 0.869. The molecule has 0 amide bonds. The highest BCUT2D eigenvalue weighted by atomic mass is 32.2. The molecule has 0 spiro atoms. The van der Waals surface area contributed by atoms with Crippen LogP contribution in [0.3, 0.4) is 0 Å². The van der Waals surface area contributed by atoms with Crippen LogP contribution in [-0.2, 0) is 20.3 Å². The Balaban J connectivity index is 2.07. The van der Waals surface area contributed by atoms with Gasteiger partial charge in [-0.2, -0.15) is 4.21 Å². The standard InChI is InChI=1S/C5H10O4S/c6-10(7)9-4-5-1-2-8-3-5/h5H,1-4H2,(H,6,7). The minimum atomic E-state index is -2.12. The Morgan fingerprint density at radius 2 is 2.60 bits per heavy atom. The number of hydrogen-bond acceptors (Lipinski definition) is 3. The van der Waals surface area contributed by atoms with Crippen molar-refractivity contribution in [3.63, 3.8) is 0 Å². The molecule has 0 bridgehead atoms. The van der Waals surface area contributed by atoms with Crippen LogP contribution in [0.15, 0.2) is 0 Å². The summed E-state index contributed by atoms with van der Waals surface area (Å²) in [5.41, 5.74) is 0. The molecule has 5 heteroatoms. The summed E-state index contributed by atoms with van der Waals surface area (Å²) in [6, 6.07) is 0. The summed E-state index contributed by atoms with van der Waals surface area (Å²) in [6.45, 7) is 1.71.